The Hall–Kier alpha value is -5.38. The first kappa shape index (κ1) is 29.3. The minimum atomic E-state index is -0.603. The first-order chi connectivity index (χ1) is 22.4. The number of unbranched alkanes of at least 4 members (excludes halogenated alkanes) is 1. The molecule has 0 radical (unpaired) electrons. The Morgan fingerprint density at radius 1 is 0.870 bits per heavy atom. The molecule has 6 aromatic rings. The Kier molecular flexibility index (Phi) is 7.78. The predicted molar refractivity (Wildman–Crippen MR) is 173 cm³/mol. The molecule has 232 valence electrons. The molecule has 0 bridgehead atoms. The fraction of sp³-hybridized carbons (Fsp3) is 0.278. The molecule has 10 nitrogen and oxygen atoms in total. The van der Waals surface area contributed by atoms with E-state index < -0.39 is 5.76 Å². The summed E-state index contributed by atoms with van der Waals surface area (Å²) in [5.41, 5.74) is 5.70. The number of aromatic nitrogens is 6. The molecular weight excluding hydrogens is 580 g/mol. The standard InChI is InChI=1S/C36H34N6O4/c1-3-4-14-30-37-23(2)29(21-31-38-34(41-45-31)36(19-20-36)26-10-6-5-7-11-26)33(43)42(30)22-24-15-17-25(18-16-24)27-12-8-9-13-28(27)32-39-35(44)46-40-32/h5-13,15-18H,3-4,14,19-22H2,1-2H3,(H,39,40,44). The van der Waals surface area contributed by atoms with Crippen molar-refractivity contribution in [2.75, 3.05) is 0 Å². The van der Waals surface area contributed by atoms with Gasteiger partial charge in [0, 0.05) is 23.2 Å². The normalized spacial score (nSPS) is 13.6. The number of hydrogen-bond acceptors (Lipinski definition) is 8. The monoisotopic (exact) mass is 614 g/mol. The van der Waals surface area contributed by atoms with E-state index in [1.807, 2.05) is 73.7 Å². The van der Waals surface area contributed by atoms with Gasteiger partial charge < -0.3 is 4.52 Å². The van der Waals surface area contributed by atoms with Gasteiger partial charge in [-0.2, -0.15) is 4.98 Å². The Morgan fingerprint density at radius 3 is 2.30 bits per heavy atom. The van der Waals surface area contributed by atoms with Gasteiger partial charge in [0.25, 0.3) is 5.56 Å². The molecule has 0 atom stereocenters. The van der Waals surface area contributed by atoms with Crippen LogP contribution in [0.2, 0.25) is 0 Å². The highest BCUT2D eigenvalue weighted by Crippen LogP contribution is 2.52. The van der Waals surface area contributed by atoms with E-state index in [0.29, 0.717) is 41.8 Å². The third-order valence-electron chi connectivity index (χ3n) is 8.83. The average Bonchev–Trinajstić information content (AvgIpc) is 3.56. The van der Waals surface area contributed by atoms with Crippen molar-refractivity contribution in [1.82, 2.24) is 29.8 Å². The van der Waals surface area contributed by atoms with Crippen LogP contribution in [0.3, 0.4) is 0 Å². The number of benzene rings is 3. The first-order valence-electron chi connectivity index (χ1n) is 15.7. The number of nitrogens with one attached hydrogen (secondary N) is 1. The van der Waals surface area contributed by atoms with E-state index >= 15 is 0 Å². The van der Waals surface area contributed by atoms with Crippen LogP contribution in [-0.4, -0.2) is 29.8 Å². The summed E-state index contributed by atoms with van der Waals surface area (Å²) in [6.45, 7) is 4.39. The molecule has 46 heavy (non-hydrogen) atoms. The van der Waals surface area contributed by atoms with Gasteiger partial charge >= 0.3 is 5.76 Å². The number of rotatable bonds is 11. The third kappa shape index (κ3) is 5.62. The molecule has 1 N–H and O–H groups in total. The van der Waals surface area contributed by atoms with Crippen LogP contribution in [0.25, 0.3) is 22.5 Å². The van der Waals surface area contributed by atoms with Crippen LogP contribution in [0.1, 0.15) is 72.5 Å². The summed E-state index contributed by atoms with van der Waals surface area (Å²) < 4.78 is 12.2. The summed E-state index contributed by atoms with van der Waals surface area (Å²) in [6.07, 6.45) is 4.80. The molecule has 0 amide bonds. The van der Waals surface area contributed by atoms with Gasteiger partial charge in [-0.3, -0.25) is 18.9 Å². The lowest BCUT2D eigenvalue weighted by Crippen LogP contribution is -2.30. The molecule has 0 spiro atoms. The van der Waals surface area contributed by atoms with Gasteiger partial charge in [-0.05, 0) is 48.4 Å². The fourth-order valence-corrected chi connectivity index (χ4v) is 6.10. The van der Waals surface area contributed by atoms with Crippen molar-refractivity contribution in [3.63, 3.8) is 0 Å². The largest absolute Gasteiger partial charge is 0.439 e. The third-order valence-corrected chi connectivity index (χ3v) is 8.83. The average molecular weight is 615 g/mol. The van der Waals surface area contributed by atoms with Gasteiger partial charge in [0.05, 0.1) is 18.4 Å². The quantitative estimate of drug-likeness (QED) is 0.188. The van der Waals surface area contributed by atoms with Crippen LogP contribution >= 0.6 is 0 Å². The molecule has 1 saturated carbocycles. The second kappa shape index (κ2) is 12.2. The van der Waals surface area contributed by atoms with E-state index in [9.17, 15) is 9.59 Å². The predicted octanol–water partition coefficient (Wildman–Crippen LogP) is 6.01. The Morgan fingerprint density at radius 2 is 1.61 bits per heavy atom. The smallest absolute Gasteiger partial charge is 0.339 e. The molecule has 3 aromatic heterocycles. The van der Waals surface area contributed by atoms with Gasteiger partial charge in [0.15, 0.2) is 11.6 Å². The minimum Gasteiger partial charge on any atom is -0.339 e. The fourth-order valence-electron chi connectivity index (χ4n) is 6.10. The first-order valence-corrected chi connectivity index (χ1v) is 15.7. The molecule has 10 heteroatoms. The summed E-state index contributed by atoms with van der Waals surface area (Å²) in [7, 11) is 0. The van der Waals surface area contributed by atoms with Crippen molar-refractivity contribution in [3.05, 3.63) is 140 Å². The minimum absolute atomic E-state index is 0.0908. The van der Waals surface area contributed by atoms with Crippen LogP contribution in [0.15, 0.2) is 97.5 Å². The topological polar surface area (TPSA) is 133 Å². The molecule has 1 aliphatic rings. The lowest BCUT2D eigenvalue weighted by atomic mass is 9.95. The summed E-state index contributed by atoms with van der Waals surface area (Å²) in [5.74, 6) is 1.63. The maximum Gasteiger partial charge on any atom is 0.439 e. The highest BCUT2D eigenvalue weighted by Gasteiger charge is 2.49. The van der Waals surface area contributed by atoms with E-state index in [0.717, 1.165) is 53.8 Å². The Bertz CT molecular complexity index is 2100. The molecule has 1 fully saturated rings. The Labute approximate surface area is 265 Å². The summed E-state index contributed by atoms with van der Waals surface area (Å²) in [5, 5.41) is 8.21. The molecule has 0 saturated heterocycles. The second-order valence-electron chi connectivity index (χ2n) is 11.9. The van der Waals surface area contributed by atoms with Crippen LogP contribution < -0.4 is 11.3 Å². The highest BCUT2D eigenvalue weighted by molar-refractivity contribution is 5.80. The number of aryl methyl sites for hydroxylation is 2. The zero-order valence-electron chi connectivity index (χ0n) is 25.8. The lowest BCUT2D eigenvalue weighted by Gasteiger charge is -2.16. The van der Waals surface area contributed by atoms with Crippen LogP contribution in [0, 0.1) is 6.92 Å². The molecule has 3 aromatic carbocycles. The summed E-state index contributed by atoms with van der Waals surface area (Å²) in [6, 6.07) is 26.0. The van der Waals surface area contributed by atoms with Crippen molar-refractivity contribution < 1.29 is 9.05 Å². The zero-order chi connectivity index (χ0) is 31.7. The number of hydrogen-bond donors (Lipinski definition) is 1. The van der Waals surface area contributed by atoms with E-state index in [1.54, 1.807) is 4.57 Å². The van der Waals surface area contributed by atoms with Crippen molar-refractivity contribution in [1.29, 1.82) is 0 Å². The molecule has 3 heterocycles. The molecule has 1 aliphatic carbocycles. The SMILES string of the molecule is CCCCc1nc(C)c(Cc2nc(C3(c4ccccc4)CC3)no2)c(=O)n1Cc1ccc(-c2ccccc2-c2noc(=O)[nH]2)cc1. The van der Waals surface area contributed by atoms with Crippen molar-refractivity contribution >= 4 is 0 Å². The number of H-pyrrole nitrogens is 1. The van der Waals surface area contributed by atoms with Gasteiger partial charge in [0.2, 0.25) is 5.89 Å². The zero-order valence-corrected chi connectivity index (χ0v) is 25.8. The van der Waals surface area contributed by atoms with Crippen molar-refractivity contribution in [3.8, 4) is 22.5 Å². The van der Waals surface area contributed by atoms with Crippen LogP contribution in [-0.2, 0) is 24.8 Å². The van der Waals surface area contributed by atoms with Crippen LogP contribution in [0.4, 0.5) is 0 Å². The van der Waals surface area contributed by atoms with Gasteiger partial charge in [-0.1, -0.05) is 103 Å². The van der Waals surface area contributed by atoms with E-state index in [1.165, 1.54) is 5.56 Å². The van der Waals surface area contributed by atoms with Crippen LogP contribution in [0.5, 0.6) is 0 Å². The van der Waals surface area contributed by atoms with Gasteiger partial charge in [-0.25, -0.2) is 9.78 Å². The van der Waals surface area contributed by atoms with Crippen molar-refractivity contribution in [2.24, 2.45) is 0 Å². The molecular formula is C36H34N6O4. The maximum absolute atomic E-state index is 14.1. The van der Waals surface area contributed by atoms with E-state index in [-0.39, 0.29) is 17.4 Å². The number of aromatic amines is 1. The molecule has 0 unspecified atom stereocenters. The van der Waals surface area contributed by atoms with Crippen molar-refractivity contribution in [2.45, 2.75) is 64.3 Å². The lowest BCUT2D eigenvalue weighted by molar-refractivity contribution is 0.375. The van der Waals surface area contributed by atoms with E-state index in [2.05, 4.69) is 34.4 Å². The maximum atomic E-state index is 14.1. The van der Waals surface area contributed by atoms with Gasteiger partial charge in [0.1, 0.15) is 5.82 Å². The number of nitrogens with zero attached hydrogens (tertiary/aromatic N) is 5. The molecule has 0 aliphatic heterocycles. The summed E-state index contributed by atoms with van der Waals surface area (Å²) >= 11 is 0. The van der Waals surface area contributed by atoms with Gasteiger partial charge in [-0.15, -0.1) is 0 Å². The Balaban J connectivity index is 1.17. The van der Waals surface area contributed by atoms with E-state index in [4.69, 9.17) is 19.0 Å². The highest BCUT2D eigenvalue weighted by atomic mass is 16.5. The summed E-state index contributed by atoms with van der Waals surface area (Å²) in [4.78, 5) is 38.0. The second-order valence-corrected chi connectivity index (χ2v) is 11.9. The molecule has 7 rings (SSSR count).